The second-order valence-electron chi connectivity index (χ2n) is 6.95. The van der Waals surface area contributed by atoms with E-state index in [2.05, 4.69) is 36.9 Å². The molecule has 0 bridgehead atoms. The van der Waals surface area contributed by atoms with E-state index in [1.165, 1.54) is 0 Å². The van der Waals surface area contributed by atoms with Gasteiger partial charge in [-0.2, -0.15) is 10.1 Å². The Morgan fingerprint density at radius 2 is 1.74 bits per heavy atom. The van der Waals surface area contributed by atoms with Crippen LogP contribution in [-0.2, 0) is 0 Å². The summed E-state index contributed by atoms with van der Waals surface area (Å²) in [6.45, 7) is 11.5. The average molecular weight is 368 g/mol. The van der Waals surface area contributed by atoms with Gasteiger partial charge < -0.3 is 9.42 Å². The second-order valence-corrected chi connectivity index (χ2v) is 6.95. The Bertz CT molecular complexity index is 925. The monoisotopic (exact) mass is 368 g/mol. The molecule has 0 N–H and O–H groups in total. The minimum atomic E-state index is 0.112. The highest BCUT2D eigenvalue weighted by Gasteiger charge is 2.26. The standard InChI is InChI=1S/C18H24N8O/c1-12-9-13(2)26(22-12)17-11-19-10-16(21-17)25-7-5-24(6-8-25)14(3)18-20-15(4)23-27-18/h9-11,14H,5-8H2,1-4H3. The first-order valence-corrected chi connectivity index (χ1v) is 9.16. The van der Waals surface area contributed by atoms with E-state index in [4.69, 9.17) is 9.51 Å². The fraction of sp³-hybridized carbons (Fsp3) is 0.500. The summed E-state index contributed by atoms with van der Waals surface area (Å²) >= 11 is 0. The van der Waals surface area contributed by atoms with E-state index in [9.17, 15) is 0 Å². The van der Waals surface area contributed by atoms with Gasteiger partial charge in [-0.1, -0.05) is 5.16 Å². The molecule has 27 heavy (non-hydrogen) atoms. The molecule has 4 rings (SSSR count). The van der Waals surface area contributed by atoms with Crippen molar-refractivity contribution in [2.75, 3.05) is 31.1 Å². The minimum absolute atomic E-state index is 0.112. The highest BCUT2D eigenvalue weighted by molar-refractivity contribution is 5.40. The zero-order chi connectivity index (χ0) is 19.0. The van der Waals surface area contributed by atoms with E-state index < -0.39 is 0 Å². The quantitative estimate of drug-likeness (QED) is 0.689. The smallest absolute Gasteiger partial charge is 0.243 e. The molecule has 142 valence electrons. The van der Waals surface area contributed by atoms with E-state index in [1.54, 1.807) is 6.20 Å². The van der Waals surface area contributed by atoms with Crippen LogP contribution >= 0.6 is 0 Å². The number of piperazine rings is 1. The van der Waals surface area contributed by atoms with E-state index in [-0.39, 0.29) is 6.04 Å². The van der Waals surface area contributed by atoms with Gasteiger partial charge in [-0.25, -0.2) is 9.67 Å². The Labute approximate surface area is 158 Å². The summed E-state index contributed by atoms with van der Waals surface area (Å²) in [6, 6.07) is 2.15. The third-order valence-electron chi connectivity index (χ3n) is 4.92. The molecule has 1 aliphatic rings. The van der Waals surface area contributed by atoms with Gasteiger partial charge in [0.25, 0.3) is 0 Å². The lowest BCUT2D eigenvalue weighted by molar-refractivity contribution is 0.164. The predicted molar refractivity (Wildman–Crippen MR) is 99.9 cm³/mol. The molecule has 1 aliphatic heterocycles. The molecule has 4 heterocycles. The predicted octanol–water partition coefficient (Wildman–Crippen LogP) is 1.85. The van der Waals surface area contributed by atoms with E-state index in [0.29, 0.717) is 11.7 Å². The molecule has 0 aromatic carbocycles. The van der Waals surface area contributed by atoms with Gasteiger partial charge in [0.15, 0.2) is 11.6 Å². The van der Waals surface area contributed by atoms with Gasteiger partial charge in [0, 0.05) is 31.9 Å². The average Bonchev–Trinajstić information content (AvgIpc) is 3.26. The highest BCUT2D eigenvalue weighted by atomic mass is 16.5. The van der Waals surface area contributed by atoms with Crippen molar-refractivity contribution in [3.63, 3.8) is 0 Å². The molecule has 0 saturated carbocycles. The lowest BCUT2D eigenvalue weighted by Crippen LogP contribution is -2.47. The Morgan fingerprint density at radius 1 is 1.00 bits per heavy atom. The molecule has 1 unspecified atom stereocenters. The Hall–Kier alpha value is -2.81. The molecule has 3 aromatic heterocycles. The second kappa shape index (κ2) is 7.07. The van der Waals surface area contributed by atoms with Crippen LogP contribution in [0.2, 0.25) is 0 Å². The molecule has 1 fully saturated rings. The van der Waals surface area contributed by atoms with Crippen molar-refractivity contribution in [3.8, 4) is 5.82 Å². The zero-order valence-corrected chi connectivity index (χ0v) is 16.1. The van der Waals surface area contributed by atoms with Crippen molar-refractivity contribution in [3.05, 3.63) is 41.6 Å². The molecule has 3 aromatic rings. The SMILES string of the molecule is Cc1cc(C)n(-c2cncc(N3CCN(C(C)c4nc(C)no4)CC3)n2)n1. The van der Waals surface area contributed by atoms with Gasteiger partial charge in [0.1, 0.15) is 5.82 Å². The topological polar surface area (TPSA) is 89.0 Å². The number of hydrogen-bond donors (Lipinski definition) is 0. The van der Waals surface area contributed by atoms with Crippen molar-refractivity contribution in [1.29, 1.82) is 0 Å². The van der Waals surface area contributed by atoms with Crippen LogP contribution in [0, 0.1) is 20.8 Å². The molecule has 0 radical (unpaired) electrons. The first-order chi connectivity index (χ1) is 13.0. The maximum Gasteiger partial charge on any atom is 0.243 e. The Balaban J connectivity index is 1.45. The van der Waals surface area contributed by atoms with Crippen molar-refractivity contribution in [2.24, 2.45) is 0 Å². The molecule has 0 aliphatic carbocycles. The van der Waals surface area contributed by atoms with E-state index >= 15 is 0 Å². The van der Waals surface area contributed by atoms with Crippen LogP contribution in [-0.4, -0.2) is 61.0 Å². The lowest BCUT2D eigenvalue weighted by atomic mass is 10.2. The van der Waals surface area contributed by atoms with Crippen molar-refractivity contribution in [1.82, 2.24) is 34.8 Å². The zero-order valence-electron chi connectivity index (χ0n) is 16.1. The molecule has 9 heteroatoms. The summed E-state index contributed by atoms with van der Waals surface area (Å²) in [5.74, 6) is 2.97. The maximum absolute atomic E-state index is 5.32. The highest BCUT2D eigenvalue weighted by Crippen LogP contribution is 2.22. The van der Waals surface area contributed by atoms with Gasteiger partial charge in [0.2, 0.25) is 5.89 Å². The molecule has 9 nitrogen and oxygen atoms in total. The lowest BCUT2D eigenvalue weighted by Gasteiger charge is -2.37. The number of aromatic nitrogens is 6. The largest absolute Gasteiger partial charge is 0.353 e. The summed E-state index contributed by atoms with van der Waals surface area (Å²) in [4.78, 5) is 18.1. The van der Waals surface area contributed by atoms with Crippen LogP contribution in [0.15, 0.2) is 23.0 Å². The number of aryl methyl sites for hydroxylation is 3. The minimum Gasteiger partial charge on any atom is -0.353 e. The number of rotatable bonds is 4. The van der Waals surface area contributed by atoms with Gasteiger partial charge >= 0.3 is 0 Å². The van der Waals surface area contributed by atoms with Crippen LogP contribution in [0.3, 0.4) is 0 Å². The fourth-order valence-electron chi connectivity index (χ4n) is 3.44. The number of nitrogens with zero attached hydrogens (tertiary/aromatic N) is 8. The van der Waals surface area contributed by atoms with Crippen LogP contribution in [0.1, 0.15) is 36.1 Å². The summed E-state index contributed by atoms with van der Waals surface area (Å²) in [6.07, 6.45) is 3.56. The van der Waals surface area contributed by atoms with E-state index in [0.717, 1.165) is 49.2 Å². The van der Waals surface area contributed by atoms with Crippen LogP contribution in [0.4, 0.5) is 5.82 Å². The van der Waals surface area contributed by atoms with E-state index in [1.807, 2.05) is 37.7 Å². The van der Waals surface area contributed by atoms with Gasteiger partial charge in [-0.15, -0.1) is 0 Å². The normalized spacial score (nSPS) is 16.7. The molecule has 1 saturated heterocycles. The fourth-order valence-corrected chi connectivity index (χ4v) is 3.44. The summed E-state index contributed by atoms with van der Waals surface area (Å²) < 4.78 is 7.16. The maximum atomic E-state index is 5.32. The third-order valence-corrected chi connectivity index (χ3v) is 4.92. The molecule has 0 spiro atoms. The summed E-state index contributed by atoms with van der Waals surface area (Å²) in [5.41, 5.74) is 2.02. The Morgan fingerprint density at radius 3 is 2.37 bits per heavy atom. The Kier molecular flexibility index (Phi) is 4.61. The van der Waals surface area contributed by atoms with Crippen LogP contribution < -0.4 is 4.90 Å². The van der Waals surface area contributed by atoms with Crippen molar-refractivity contribution >= 4 is 5.82 Å². The molecule has 0 amide bonds. The first-order valence-electron chi connectivity index (χ1n) is 9.16. The third kappa shape index (κ3) is 3.55. The van der Waals surface area contributed by atoms with Crippen LogP contribution in [0.5, 0.6) is 0 Å². The first kappa shape index (κ1) is 17.6. The molecular weight excluding hydrogens is 344 g/mol. The number of hydrogen-bond acceptors (Lipinski definition) is 8. The van der Waals surface area contributed by atoms with Gasteiger partial charge in [-0.3, -0.25) is 9.88 Å². The summed E-state index contributed by atoms with van der Waals surface area (Å²) in [5, 5.41) is 8.39. The van der Waals surface area contributed by atoms with Gasteiger partial charge in [-0.05, 0) is 33.8 Å². The summed E-state index contributed by atoms with van der Waals surface area (Å²) in [7, 11) is 0. The van der Waals surface area contributed by atoms with Crippen LogP contribution in [0.25, 0.3) is 5.82 Å². The molecule has 1 atom stereocenters. The number of anilines is 1. The molecular formula is C18H24N8O. The van der Waals surface area contributed by atoms with Crippen molar-refractivity contribution < 1.29 is 4.52 Å². The van der Waals surface area contributed by atoms with Gasteiger partial charge in [0.05, 0.1) is 24.1 Å². The van der Waals surface area contributed by atoms with Crippen molar-refractivity contribution in [2.45, 2.75) is 33.7 Å².